The number of aryl methyl sites for hydroxylation is 1. The van der Waals surface area contributed by atoms with Gasteiger partial charge in [0.1, 0.15) is 5.75 Å². The SMILES string of the molecule is COc1cc(C)c(C(=O)c2cccs2)cc1C(C)(C)C. The van der Waals surface area contributed by atoms with Crippen molar-refractivity contribution < 1.29 is 9.53 Å². The lowest BCUT2D eigenvalue weighted by molar-refractivity contribution is 0.104. The van der Waals surface area contributed by atoms with E-state index in [1.807, 2.05) is 36.6 Å². The van der Waals surface area contributed by atoms with E-state index in [9.17, 15) is 4.79 Å². The van der Waals surface area contributed by atoms with E-state index >= 15 is 0 Å². The van der Waals surface area contributed by atoms with Crippen molar-refractivity contribution in [1.82, 2.24) is 0 Å². The van der Waals surface area contributed by atoms with Crippen molar-refractivity contribution in [2.75, 3.05) is 7.11 Å². The molecule has 2 aromatic rings. The van der Waals surface area contributed by atoms with E-state index in [2.05, 4.69) is 20.8 Å². The van der Waals surface area contributed by atoms with Crippen LogP contribution < -0.4 is 4.74 Å². The molecule has 0 N–H and O–H groups in total. The number of ketones is 1. The van der Waals surface area contributed by atoms with Crippen LogP contribution in [0.2, 0.25) is 0 Å². The largest absolute Gasteiger partial charge is 0.496 e. The van der Waals surface area contributed by atoms with E-state index in [1.54, 1.807) is 7.11 Å². The molecule has 1 aromatic carbocycles. The molecule has 20 heavy (non-hydrogen) atoms. The van der Waals surface area contributed by atoms with Gasteiger partial charge in [0.2, 0.25) is 5.78 Å². The highest BCUT2D eigenvalue weighted by atomic mass is 32.1. The predicted molar refractivity (Wildman–Crippen MR) is 84.2 cm³/mol. The van der Waals surface area contributed by atoms with Crippen molar-refractivity contribution in [3.8, 4) is 5.75 Å². The van der Waals surface area contributed by atoms with Crippen LogP contribution in [-0.2, 0) is 5.41 Å². The van der Waals surface area contributed by atoms with Gasteiger partial charge in [-0.1, -0.05) is 26.8 Å². The molecule has 1 aromatic heterocycles. The van der Waals surface area contributed by atoms with Gasteiger partial charge in [-0.2, -0.15) is 0 Å². The molecule has 0 aliphatic rings. The maximum absolute atomic E-state index is 12.6. The zero-order valence-corrected chi connectivity index (χ0v) is 13.4. The van der Waals surface area contributed by atoms with E-state index in [4.69, 9.17) is 4.74 Å². The molecule has 0 saturated carbocycles. The highest BCUT2D eigenvalue weighted by molar-refractivity contribution is 7.12. The highest BCUT2D eigenvalue weighted by Crippen LogP contribution is 2.34. The summed E-state index contributed by atoms with van der Waals surface area (Å²) in [4.78, 5) is 13.4. The summed E-state index contributed by atoms with van der Waals surface area (Å²) in [7, 11) is 1.67. The Labute approximate surface area is 124 Å². The number of ether oxygens (including phenoxy) is 1. The molecule has 3 heteroatoms. The van der Waals surface area contributed by atoms with Gasteiger partial charge in [-0.15, -0.1) is 11.3 Å². The summed E-state index contributed by atoms with van der Waals surface area (Å²) < 4.78 is 5.47. The second kappa shape index (κ2) is 5.41. The first-order valence-corrected chi connectivity index (χ1v) is 7.50. The molecule has 0 saturated heterocycles. The van der Waals surface area contributed by atoms with Gasteiger partial charge in [0.15, 0.2) is 0 Å². The Morgan fingerprint density at radius 3 is 2.45 bits per heavy atom. The first kappa shape index (κ1) is 14.8. The van der Waals surface area contributed by atoms with Gasteiger partial charge >= 0.3 is 0 Å². The number of carbonyl (C=O) groups is 1. The maximum atomic E-state index is 12.6. The van der Waals surface area contributed by atoms with Crippen LogP contribution in [0.3, 0.4) is 0 Å². The maximum Gasteiger partial charge on any atom is 0.203 e. The molecule has 0 fully saturated rings. The normalized spacial score (nSPS) is 11.4. The Morgan fingerprint density at radius 2 is 1.95 bits per heavy atom. The second-order valence-electron chi connectivity index (χ2n) is 5.92. The molecule has 106 valence electrons. The number of benzene rings is 1. The Balaban J connectivity index is 2.57. The average molecular weight is 288 g/mol. The molecule has 0 atom stereocenters. The lowest BCUT2D eigenvalue weighted by Crippen LogP contribution is -2.15. The molecule has 0 bridgehead atoms. The lowest BCUT2D eigenvalue weighted by Gasteiger charge is -2.23. The topological polar surface area (TPSA) is 26.3 Å². The first-order valence-electron chi connectivity index (χ1n) is 6.62. The molecule has 0 aliphatic carbocycles. The number of carbonyl (C=O) groups excluding carboxylic acids is 1. The number of thiophene rings is 1. The fourth-order valence-corrected chi connectivity index (χ4v) is 2.90. The highest BCUT2D eigenvalue weighted by Gasteiger charge is 2.23. The molecule has 0 aliphatic heterocycles. The average Bonchev–Trinajstić information content (AvgIpc) is 2.89. The second-order valence-corrected chi connectivity index (χ2v) is 6.87. The van der Waals surface area contributed by atoms with Crippen LogP contribution in [0.15, 0.2) is 29.6 Å². The van der Waals surface area contributed by atoms with Crippen LogP contribution in [-0.4, -0.2) is 12.9 Å². The summed E-state index contributed by atoms with van der Waals surface area (Å²) >= 11 is 1.48. The number of rotatable bonds is 3. The number of methoxy groups -OCH3 is 1. The smallest absolute Gasteiger partial charge is 0.203 e. The Bertz CT molecular complexity index is 619. The van der Waals surface area contributed by atoms with Crippen LogP contribution in [0.25, 0.3) is 0 Å². The van der Waals surface area contributed by atoms with Crippen LogP contribution in [0.4, 0.5) is 0 Å². The predicted octanol–water partition coefficient (Wildman–Crippen LogP) is 4.59. The number of hydrogen-bond acceptors (Lipinski definition) is 3. The van der Waals surface area contributed by atoms with Gasteiger partial charge in [0.25, 0.3) is 0 Å². The minimum Gasteiger partial charge on any atom is -0.496 e. The molecular formula is C17H20O2S. The molecule has 2 rings (SSSR count). The van der Waals surface area contributed by atoms with E-state index < -0.39 is 0 Å². The lowest BCUT2D eigenvalue weighted by atomic mass is 9.83. The van der Waals surface area contributed by atoms with Crippen molar-refractivity contribution in [3.05, 3.63) is 51.2 Å². The summed E-state index contributed by atoms with van der Waals surface area (Å²) in [5.74, 6) is 0.934. The van der Waals surface area contributed by atoms with Gasteiger partial charge in [-0.05, 0) is 41.5 Å². The summed E-state index contributed by atoms with van der Waals surface area (Å²) in [5, 5.41) is 1.93. The van der Waals surface area contributed by atoms with Gasteiger partial charge in [-0.25, -0.2) is 0 Å². The summed E-state index contributed by atoms with van der Waals surface area (Å²) in [6.45, 7) is 8.33. The Kier molecular flexibility index (Phi) is 4.00. The fourth-order valence-electron chi connectivity index (χ4n) is 2.22. The van der Waals surface area contributed by atoms with Crippen LogP contribution in [0.1, 0.15) is 47.1 Å². The summed E-state index contributed by atoms with van der Waals surface area (Å²) in [5.41, 5.74) is 2.71. The van der Waals surface area contributed by atoms with Gasteiger partial charge in [-0.3, -0.25) is 4.79 Å². The van der Waals surface area contributed by atoms with E-state index in [0.29, 0.717) is 0 Å². The van der Waals surface area contributed by atoms with Crippen LogP contribution in [0.5, 0.6) is 5.75 Å². The zero-order chi connectivity index (χ0) is 14.9. The Morgan fingerprint density at radius 1 is 1.25 bits per heavy atom. The summed E-state index contributed by atoms with van der Waals surface area (Å²) in [6.07, 6.45) is 0. The van der Waals surface area contributed by atoms with E-state index in [1.165, 1.54) is 11.3 Å². The molecule has 0 radical (unpaired) electrons. The van der Waals surface area contributed by atoms with Crippen molar-refractivity contribution in [2.45, 2.75) is 33.1 Å². The van der Waals surface area contributed by atoms with Crippen molar-refractivity contribution in [3.63, 3.8) is 0 Å². The van der Waals surface area contributed by atoms with E-state index in [0.717, 1.165) is 27.3 Å². The minimum absolute atomic E-state index is 0.0659. The van der Waals surface area contributed by atoms with Gasteiger partial charge in [0, 0.05) is 11.1 Å². The first-order chi connectivity index (χ1) is 9.34. The molecular weight excluding hydrogens is 268 g/mol. The molecule has 2 nitrogen and oxygen atoms in total. The molecule has 0 spiro atoms. The minimum atomic E-state index is -0.0659. The standard InChI is InChI=1S/C17H20O2S/c1-11-9-14(19-5)13(17(2,3)4)10-12(11)16(18)15-7-6-8-20-15/h6-10H,1-5H3. The van der Waals surface area contributed by atoms with Gasteiger partial charge in [0.05, 0.1) is 12.0 Å². The fraction of sp³-hybridized carbons (Fsp3) is 0.353. The third kappa shape index (κ3) is 2.78. The molecule has 0 amide bonds. The van der Waals surface area contributed by atoms with Crippen LogP contribution in [0, 0.1) is 6.92 Å². The van der Waals surface area contributed by atoms with Crippen LogP contribution >= 0.6 is 11.3 Å². The zero-order valence-electron chi connectivity index (χ0n) is 12.6. The van der Waals surface area contributed by atoms with Crippen molar-refractivity contribution >= 4 is 17.1 Å². The third-order valence-corrected chi connectivity index (χ3v) is 4.21. The molecule has 0 unspecified atom stereocenters. The Hall–Kier alpha value is -1.61. The molecule has 1 heterocycles. The monoisotopic (exact) mass is 288 g/mol. The summed E-state index contributed by atoms with van der Waals surface area (Å²) in [6, 6.07) is 7.71. The van der Waals surface area contributed by atoms with Crippen molar-refractivity contribution in [2.24, 2.45) is 0 Å². The van der Waals surface area contributed by atoms with Gasteiger partial charge < -0.3 is 4.74 Å². The van der Waals surface area contributed by atoms with Crippen molar-refractivity contribution in [1.29, 1.82) is 0 Å². The third-order valence-electron chi connectivity index (χ3n) is 3.34. The number of hydrogen-bond donors (Lipinski definition) is 0. The quantitative estimate of drug-likeness (QED) is 0.772. The van der Waals surface area contributed by atoms with E-state index in [-0.39, 0.29) is 11.2 Å².